The summed E-state index contributed by atoms with van der Waals surface area (Å²) in [5, 5.41) is 6.81. The minimum atomic E-state index is 0.558. The van der Waals surface area contributed by atoms with Crippen molar-refractivity contribution in [3.05, 3.63) is 24.2 Å². The maximum atomic E-state index is 5.12. The Hall–Kier alpha value is -1.62. The minimum absolute atomic E-state index is 0.558. The number of aromatic nitrogens is 3. The lowest BCUT2D eigenvalue weighted by molar-refractivity contribution is 0.418. The van der Waals surface area contributed by atoms with E-state index in [1.807, 2.05) is 37.0 Å². The van der Waals surface area contributed by atoms with Crippen molar-refractivity contribution in [1.29, 1.82) is 0 Å². The highest BCUT2D eigenvalue weighted by molar-refractivity contribution is 5.47. The van der Waals surface area contributed by atoms with Crippen LogP contribution < -0.4 is 5.32 Å². The SMILES string of the molecule is CNCc1noc(-c2cccn2C)n1. The number of hydrogen-bond acceptors (Lipinski definition) is 4. The maximum Gasteiger partial charge on any atom is 0.274 e. The van der Waals surface area contributed by atoms with E-state index in [1.165, 1.54) is 0 Å². The van der Waals surface area contributed by atoms with Crippen molar-refractivity contribution in [3.63, 3.8) is 0 Å². The van der Waals surface area contributed by atoms with E-state index in [1.54, 1.807) is 0 Å². The van der Waals surface area contributed by atoms with E-state index in [0.717, 1.165) is 5.69 Å². The number of aryl methyl sites for hydroxylation is 1. The fourth-order valence-electron chi connectivity index (χ4n) is 1.27. The van der Waals surface area contributed by atoms with Crippen molar-refractivity contribution in [2.75, 3.05) is 7.05 Å². The van der Waals surface area contributed by atoms with Gasteiger partial charge in [-0.25, -0.2) is 0 Å². The Morgan fingerprint density at radius 2 is 2.43 bits per heavy atom. The Morgan fingerprint density at radius 1 is 1.57 bits per heavy atom. The van der Waals surface area contributed by atoms with E-state index in [9.17, 15) is 0 Å². The highest BCUT2D eigenvalue weighted by Gasteiger charge is 2.09. The third-order valence-corrected chi connectivity index (χ3v) is 1.97. The van der Waals surface area contributed by atoms with Gasteiger partial charge in [0.1, 0.15) is 5.69 Å². The Balaban J connectivity index is 2.29. The van der Waals surface area contributed by atoms with E-state index >= 15 is 0 Å². The summed E-state index contributed by atoms with van der Waals surface area (Å²) in [5.74, 6) is 1.23. The van der Waals surface area contributed by atoms with Crippen molar-refractivity contribution < 1.29 is 4.52 Å². The third kappa shape index (κ3) is 1.54. The fourth-order valence-corrected chi connectivity index (χ4v) is 1.27. The van der Waals surface area contributed by atoms with Gasteiger partial charge in [0.2, 0.25) is 0 Å². The lowest BCUT2D eigenvalue weighted by Crippen LogP contribution is -2.06. The standard InChI is InChI=1S/C9H12N4O/c1-10-6-8-11-9(14-12-8)7-4-3-5-13(7)2/h3-5,10H,6H2,1-2H3. The molecule has 2 heterocycles. The molecule has 0 aliphatic heterocycles. The minimum Gasteiger partial charge on any atom is -0.347 e. The van der Waals surface area contributed by atoms with E-state index in [0.29, 0.717) is 18.3 Å². The van der Waals surface area contributed by atoms with Gasteiger partial charge in [-0.3, -0.25) is 0 Å². The second-order valence-electron chi connectivity index (χ2n) is 3.05. The van der Waals surface area contributed by atoms with Crippen LogP contribution in [0.15, 0.2) is 22.9 Å². The van der Waals surface area contributed by atoms with Gasteiger partial charge in [-0.15, -0.1) is 0 Å². The lowest BCUT2D eigenvalue weighted by Gasteiger charge is -1.94. The summed E-state index contributed by atoms with van der Waals surface area (Å²) in [4.78, 5) is 4.24. The van der Waals surface area contributed by atoms with E-state index in [2.05, 4.69) is 15.5 Å². The summed E-state index contributed by atoms with van der Waals surface area (Å²) in [6, 6.07) is 3.88. The Bertz CT molecular complexity index is 418. The summed E-state index contributed by atoms with van der Waals surface area (Å²) in [6.07, 6.45) is 1.94. The second-order valence-corrected chi connectivity index (χ2v) is 3.05. The van der Waals surface area contributed by atoms with Gasteiger partial charge in [-0.1, -0.05) is 5.16 Å². The fraction of sp³-hybridized carbons (Fsp3) is 0.333. The van der Waals surface area contributed by atoms with Gasteiger partial charge in [0.05, 0.1) is 6.54 Å². The van der Waals surface area contributed by atoms with Gasteiger partial charge < -0.3 is 14.4 Å². The monoisotopic (exact) mass is 192 g/mol. The van der Waals surface area contributed by atoms with Gasteiger partial charge in [0.25, 0.3) is 5.89 Å². The highest BCUT2D eigenvalue weighted by atomic mass is 16.5. The molecule has 5 nitrogen and oxygen atoms in total. The van der Waals surface area contributed by atoms with Gasteiger partial charge in [-0.2, -0.15) is 4.98 Å². The zero-order valence-electron chi connectivity index (χ0n) is 8.19. The largest absolute Gasteiger partial charge is 0.347 e. The molecule has 1 N–H and O–H groups in total. The quantitative estimate of drug-likeness (QED) is 0.781. The van der Waals surface area contributed by atoms with Gasteiger partial charge >= 0.3 is 0 Å². The molecule has 0 bridgehead atoms. The number of rotatable bonds is 3. The Labute approximate surface area is 81.7 Å². The van der Waals surface area contributed by atoms with Crippen LogP contribution in [0.25, 0.3) is 11.6 Å². The molecule has 2 aromatic heterocycles. The molecule has 0 saturated carbocycles. The zero-order valence-corrected chi connectivity index (χ0v) is 8.19. The van der Waals surface area contributed by atoms with Crippen LogP contribution in [0.5, 0.6) is 0 Å². The van der Waals surface area contributed by atoms with Crippen molar-refractivity contribution in [2.24, 2.45) is 7.05 Å². The summed E-state index contributed by atoms with van der Waals surface area (Å²) < 4.78 is 7.06. The molecule has 0 atom stereocenters. The van der Waals surface area contributed by atoms with Crippen molar-refractivity contribution in [3.8, 4) is 11.6 Å². The highest BCUT2D eigenvalue weighted by Crippen LogP contribution is 2.16. The molecule has 2 aromatic rings. The van der Waals surface area contributed by atoms with Crippen molar-refractivity contribution >= 4 is 0 Å². The molecule has 0 aromatic carbocycles. The maximum absolute atomic E-state index is 5.12. The topological polar surface area (TPSA) is 55.9 Å². The van der Waals surface area contributed by atoms with E-state index in [4.69, 9.17) is 4.52 Å². The number of nitrogens with one attached hydrogen (secondary N) is 1. The van der Waals surface area contributed by atoms with Crippen LogP contribution >= 0.6 is 0 Å². The summed E-state index contributed by atoms with van der Waals surface area (Å²) >= 11 is 0. The Morgan fingerprint density at radius 3 is 3.07 bits per heavy atom. The molecule has 0 unspecified atom stereocenters. The molecule has 0 fully saturated rings. The van der Waals surface area contributed by atoms with Crippen molar-refractivity contribution in [2.45, 2.75) is 6.54 Å². The molecule has 5 heteroatoms. The molecular formula is C9H12N4O. The molecule has 0 spiro atoms. The van der Waals surface area contributed by atoms with Gasteiger partial charge in [-0.05, 0) is 19.2 Å². The first-order valence-electron chi connectivity index (χ1n) is 4.40. The molecular weight excluding hydrogens is 180 g/mol. The average Bonchev–Trinajstić information content (AvgIpc) is 2.74. The molecule has 0 radical (unpaired) electrons. The summed E-state index contributed by atoms with van der Waals surface area (Å²) in [5.41, 5.74) is 0.930. The molecule has 0 amide bonds. The lowest BCUT2D eigenvalue weighted by atomic mass is 10.4. The smallest absolute Gasteiger partial charge is 0.274 e. The molecule has 0 aliphatic rings. The van der Waals surface area contributed by atoms with E-state index < -0.39 is 0 Å². The van der Waals surface area contributed by atoms with Crippen LogP contribution in [0, 0.1) is 0 Å². The van der Waals surface area contributed by atoms with Crippen molar-refractivity contribution in [1.82, 2.24) is 20.0 Å². The van der Waals surface area contributed by atoms with Crippen LogP contribution in [0.2, 0.25) is 0 Å². The first-order valence-corrected chi connectivity index (χ1v) is 4.40. The van der Waals surface area contributed by atoms with Crippen LogP contribution in [-0.2, 0) is 13.6 Å². The predicted octanol–water partition coefficient (Wildman–Crippen LogP) is 0.794. The summed E-state index contributed by atoms with van der Waals surface area (Å²) in [6.45, 7) is 0.619. The second kappa shape index (κ2) is 3.63. The van der Waals surface area contributed by atoms with Gasteiger partial charge in [0, 0.05) is 13.2 Å². The van der Waals surface area contributed by atoms with E-state index in [-0.39, 0.29) is 0 Å². The predicted molar refractivity (Wildman–Crippen MR) is 51.5 cm³/mol. The van der Waals surface area contributed by atoms with Crippen LogP contribution in [0.1, 0.15) is 5.82 Å². The van der Waals surface area contributed by atoms with Crippen LogP contribution in [0.4, 0.5) is 0 Å². The van der Waals surface area contributed by atoms with Gasteiger partial charge in [0.15, 0.2) is 5.82 Å². The van der Waals surface area contributed by atoms with Crippen LogP contribution in [0.3, 0.4) is 0 Å². The summed E-state index contributed by atoms with van der Waals surface area (Å²) in [7, 11) is 3.79. The number of hydrogen-bond donors (Lipinski definition) is 1. The normalized spacial score (nSPS) is 10.7. The number of nitrogens with zero attached hydrogens (tertiary/aromatic N) is 3. The Kier molecular flexibility index (Phi) is 2.32. The third-order valence-electron chi connectivity index (χ3n) is 1.97. The molecule has 74 valence electrons. The zero-order chi connectivity index (χ0) is 9.97. The molecule has 0 aliphatic carbocycles. The molecule has 0 saturated heterocycles. The molecule has 14 heavy (non-hydrogen) atoms. The first kappa shape index (κ1) is 8.96. The first-order chi connectivity index (χ1) is 6.81. The molecule has 2 rings (SSSR count). The average molecular weight is 192 g/mol. The van der Waals surface area contributed by atoms with Crippen LogP contribution in [-0.4, -0.2) is 21.8 Å².